The van der Waals surface area contributed by atoms with E-state index in [1.165, 1.54) is 12.0 Å². The second-order valence-corrected chi connectivity index (χ2v) is 5.62. The third kappa shape index (κ3) is 5.27. The maximum absolute atomic E-state index is 12.0. The predicted octanol–water partition coefficient (Wildman–Crippen LogP) is 2.79. The van der Waals surface area contributed by atoms with Crippen molar-refractivity contribution in [3.8, 4) is 5.75 Å². The maximum Gasteiger partial charge on any atom is 0.313 e. The lowest BCUT2D eigenvalue weighted by atomic mass is 10.1. The predicted molar refractivity (Wildman–Crippen MR) is 83.7 cm³/mol. The van der Waals surface area contributed by atoms with E-state index in [0.29, 0.717) is 28.9 Å². The first-order valence-electron chi connectivity index (χ1n) is 6.75. The second kappa shape index (κ2) is 7.88. The van der Waals surface area contributed by atoms with E-state index >= 15 is 0 Å². The Kier molecular flexibility index (Phi) is 6.49. The Balaban J connectivity index is 2.70. The number of halogens is 1. The summed E-state index contributed by atoms with van der Waals surface area (Å²) in [5.74, 6) is -0.280. The Hall–Kier alpha value is -1.75. The number of carbonyl (C=O) groups excluding carboxylic acids is 2. The highest BCUT2D eigenvalue weighted by atomic mass is 35.5. The number of carbonyl (C=O) groups is 2. The number of anilines is 1. The summed E-state index contributed by atoms with van der Waals surface area (Å²) >= 11 is 5.99. The molecule has 1 N–H and O–H groups in total. The van der Waals surface area contributed by atoms with Gasteiger partial charge in [0.1, 0.15) is 5.75 Å². The minimum Gasteiger partial charge on any atom is -0.497 e. The van der Waals surface area contributed by atoms with Crippen LogP contribution in [0.15, 0.2) is 18.2 Å². The van der Waals surface area contributed by atoms with Crippen molar-refractivity contribution in [2.24, 2.45) is 5.92 Å². The molecular weight excluding hydrogens is 292 g/mol. The summed E-state index contributed by atoms with van der Waals surface area (Å²) in [5.41, 5.74) is 0.353. The molecule has 0 heterocycles. The van der Waals surface area contributed by atoms with Gasteiger partial charge >= 0.3 is 11.8 Å². The number of hydrogen-bond acceptors (Lipinski definition) is 3. The molecule has 6 heteroatoms. The highest BCUT2D eigenvalue weighted by Crippen LogP contribution is 2.26. The van der Waals surface area contributed by atoms with Crippen molar-refractivity contribution in [1.82, 2.24) is 4.90 Å². The van der Waals surface area contributed by atoms with E-state index in [-0.39, 0.29) is 0 Å². The van der Waals surface area contributed by atoms with Gasteiger partial charge in [0.2, 0.25) is 0 Å². The molecule has 0 atom stereocenters. The molecule has 0 saturated carbocycles. The number of benzene rings is 1. The van der Waals surface area contributed by atoms with Crippen molar-refractivity contribution >= 4 is 29.1 Å². The van der Waals surface area contributed by atoms with Crippen LogP contribution < -0.4 is 10.1 Å². The lowest BCUT2D eigenvalue weighted by molar-refractivity contribution is -0.142. The van der Waals surface area contributed by atoms with E-state index < -0.39 is 11.8 Å². The summed E-state index contributed by atoms with van der Waals surface area (Å²) in [6.45, 7) is 4.67. The molecule has 0 saturated heterocycles. The molecule has 2 amide bonds. The largest absolute Gasteiger partial charge is 0.497 e. The third-order valence-electron chi connectivity index (χ3n) is 3.00. The van der Waals surface area contributed by atoms with Crippen LogP contribution in [0, 0.1) is 5.92 Å². The summed E-state index contributed by atoms with van der Waals surface area (Å²) in [7, 11) is 3.12. The number of methoxy groups -OCH3 is 1. The third-order valence-corrected chi connectivity index (χ3v) is 3.33. The van der Waals surface area contributed by atoms with Gasteiger partial charge in [-0.05, 0) is 24.5 Å². The van der Waals surface area contributed by atoms with E-state index in [9.17, 15) is 9.59 Å². The number of likely N-dealkylation sites (N-methyl/N-ethyl adjacent to an activating group) is 1. The molecular formula is C15H21ClN2O3. The van der Waals surface area contributed by atoms with E-state index in [0.717, 1.165) is 6.42 Å². The van der Waals surface area contributed by atoms with Crippen molar-refractivity contribution in [3.05, 3.63) is 23.2 Å². The van der Waals surface area contributed by atoms with Crippen molar-refractivity contribution in [2.75, 3.05) is 26.0 Å². The van der Waals surface area contributed by atoms with Crippen LogP contribution in [0.4, 0.5) is 5.69 Å². The van der Waals surface area contributed by atoms with Gasteiger partial charge in [-0.25, -0.2) is 0 Å². The molecule has 0 radical (unpaired) electrons. The number of nitrogens with zero attached hydrogens (tertiary/aromatic N) is 1. The molecule has 0 aliphatic carbocycles. The molecule has 1 aromatic carbocycles. The van der Waals surface area contributed by atoms with Crippen LogP contribution in [-0.4, -0.2) is 37.4 Å². The maximum atomic E-state index is 12.0. The van der Waals surface area contributed by atoms with Crippen LogP contribution in [0.2, 0.25) is 5.02 Å². The molecule has 0 unspecified atom stereocenters. The van der Waals surface area contributed by atoms with Crippen molar-refractivity contribution in [3.63, 3.8) is 0 Å². The number of amides is 2. The second-order valence-electron chi connectivity index (χ2n) is 5.21. The van der Waals surface area contributed by atoms with Crippen LogP contribution in [-0.2, 0) is 9.59 Å². The van der Waals surface area contributed by atoms with Crippen LogP contribution in [0.25, 0.3) is 0 Å². The fourth-order valence-corrected chi connectivity index (χ4v) is 1.79. The molecule has 0 fully saturated rings. The van der Waals surface area contributed by atoms with Gasteiger partial charge in [-0.3, -0.25) is 9.59 Å². The summed E-state index contributed by atoms with van der Waals surface area (Å²) in [6.07, 6.45) is 0.843. The van der Waals surface area contributed by atoms with E-state index in [4.69, 9.17) is 16.3 Å². The van der Waals surface area contributed by atoms with Gasteiger partial charge in [-0.15, -0.1) is 0 Å². The van der Waals surface area contributed by atoms with Gasteiger partial charge in [0.25, 0.3) is 0 Å². The highest BCUT2D eigenvalue weighted by molar-refractivity contribution is 6.41. The van der Waals surface area contributed by atoms with Crippen molar-refractivity contribution < 1.29 is 14.3 Å². The lowest BCUT2D eigenvalue weighted by Crippen LogP contribution is -2.38. The van der Waals surface area contributed by atoms with Crippen LogP contribution in [0.5, 0.6) is 5.75 Å². The van der Waals surface area contributed by atoms with Crippen LogP contribution in [0.1, 0.15) is 20.3 Å². The fourth-order valence-electron chi connectivity index (χ4n) is 1.63. The molecule has 21 heavy (non-hydrogen) atoms. The average molecular weight is 313 g/mol. The monoisotopic (exact) mass is 312 g/mol. The summed E-state index contributed by atoms with van der Waals surface area (Å²) < 4.78 is 5.06. The molecule has 0 aromatic heterocycles. The molecule has 1 rings (SSSR count). The minimum atomic E-state index is -0.712. The van der Waals surface area contributed by atoms with Gasteiger partial charge in [-0.2, -0.15) is 0 Å². The number of ether oxygens (including phenoxy) is 1. The zero-order valence-electron chi connectivity index (χ0n) is 12.8. The molecule has 116 valence electrons. The summed E-state index contributed by atoms with van der Waals surface area (Å²) in [5, 5.41) is 2.86. The van der Waals surface area contributed by atoms with Gasteiger partial charge in [0.05, 0.1) is 17.8 Å². The SMILES string of the molecule is COc1ccc(Cl)c(NC(=O)C(=O)N(C)CCC(C)C)c1. The fraction of sp³-hybridized carbons (Fsp3) is 0.467. The lowest BCUT2D eigenvalue weighted by Gasteiger charge is -2.18. The first-order chi connectivity index (χ1) is 9.85. The Morgan fingerprint density at radius 2 is 2.05 bits per heavy atom. The zero-order chi connectivity index (χ0) is 16.0. The van der Waals surface area contributed by atoms with Gasteiger partial charge in [-0.1, -0.05) is 25.4 Å². The standard InChI is InChI=1S/C15H21ClN2O3/c1-10(2)7-8-18(3)15(20)14(19)17-13-9-11(21-4)5-6-12(13)16/h5-6,9-10H,7-8H2,1-4H3,(H,17,19). The van der Waals surface area contributed by atoms with Crippen LogP contribution in [0.3, 0.4) is 0 Å². The molecule has 0 aliphatic heterocycles. The topological polar surface area (TPSA) is 58.6 Å². The van der Waals surface area contributed by atoms with E-state index in [2.05, 4.69) is 19.2 Å². The first-order valence-corrected chi connectivity index (χ1v) is 7.13. The highest BCUT2D eigenvalue weighted by Gasteiger charge is 2.19. The quantitative estimate of drug-likeness (QED) is 0.851. The molecule has 0 bridgehead atoms. The minimum absolute atomic E-state index is 0.349. The zero-order valence-corrected chi connectivity index (χ0v) is 13.5. The first kappa shape index (κ1) is 17.3. The molecule has 5 nitrogen and oxygen atoms in total. The van der Waals surface area contributed by atoms with Gasteiger partial charge < -0.3 is 15.0 Å². The Labute approximate surface area is 130 Å². The molecule has 1 aromatic rings. The Morgan fingerprint density at radius 1 is 1.38 bits per heavy atom. The average Bonchev–Trinajstić information content (AvgIpc) is 2.46. The molecule has 0 spiro atoms. The van der Waals surface area contributed by atoms with E-state index in [1.54, 1.807) is 25.2 Å². The Morgan fingerprint density at radius 3 is 2.62 bits per heavy atom. The normalized spacial score (nSPS) is 10.4. The smallest absolute Gasteiger partial charge is 0.313 e. The summed E-state index contributed by atoms with van der Waals surface area (Å²) in [6, 6.07) is 4.85. The Bertz CT molecular complexity index is 518. The van der Waals surface area contributed by atoms with E-state index in [1.807, 2.05) is 0 Å². The number of nitrogens with one attached hydrogen (secondary N) is 1. The molecule has 0 aliphatic rings. The number of rotatable bonds is 5. The van der Waals surface area contributed by atoms with Crippen molar-refractivity contribution in [2.45, 2.75) is 20.3 Å². The summed E-state index contributed by atoms with van der Waals surface area (Å²) in [4.78, 5) is 25.3. The van der Waals surface area contributed by atoms with Gasteiger partial charge in [0, 0.05) is 19.7 Å². The van der Waals surface area contributed by atoms with Crippen LogP contribution >= 0.6 is 11.6 Å². The van der Waals surface area contributed by atoms with Gasteiger partial charge in [0.15, 0.2) is 0 Å². The number of hydrogen-bond donors (Lipinski definition) is 1. The van der Waals surface area contributed by atoms with Crippen molar-refractivity contribution in [1.29, 1.82) is 0 Å².